The number of halogens is 1. The molecule has 2 aliphatic rings. The van der Waals surface area contributed by atoms with Crippen LogP contribution in [0.25, 0.3) is 0 Å². The normalized spacial score (nSPS) is 19.2. The van der Waals surface area contributed by atoms with Crippen molar-refractivity contribution >= 4 is 23.5 Å². The lowest BCUT2D eigenvalue weighted by molar-refractivity contribution is 0.0249. The van der Waals surface area contributed by atoms with E-state index in [0.717, 1.165) is 30.5 Å². The van der Waals surface area contributed by atoms with E-state index in [-0.39, 0.29) is 30.4 Å². The molecular weight excluding hydrogens is 423 g/mol. The van der Waals surface area contributed by atoms with Gasteiger partial charge in [0.25, 0.3) is 0 Å². The number of carbonyl (C=O) groups excluding carboxylic acids is 2. The van der Waals surface area contributed by atoms with Crippen LogP contribution in [0.3, 0.4) is 0 Å². The average molecular weight is 455 g/mol. The Bertz CT molecular complexity index is 1030. The molecule has 1 aromatic heterocycles. The zero-order valence-electron chi connectivity index (χ0n) is 19.7. The van der Waals surface area contributed by atoms with Crippen LogP contribution in [-0.2, 0) is 11.3 Å². The zero-order valence-corrected chi connectivity index (χ0v) is 19.7. The number of hydrogen-bond acceptors (Lipinski definition) is 4. The number of likely N-dealkylation sites (tertiary alicyclic amines) is 1. The van der Waals surface area contributed by atoms with E-state index >= 15 is 0 Å². The highest BCUT2D eigenvalue weighted by Gasteiger charge is 2.39. The number of aromatic nitrogens is 1. The van der Waals surface area contributed by atoms with Crippen molar-refractivity contribution in [3.05, 3.63) is 53.6 Å². The third kappa shape index (κ3) is 4.79. The van der Waals surface area contributed by atoms with Gasteiger partial charge in [0.1, 0.15) is 11.4 Å². The maximum atomic E-state index is 14.8. The van der Waals surface area contributed by atoms with Crippen LogP contribution in [-0.4, -0.2) is 46.7 Å². The van der Waals surface area contributed by atoms with Gasteiger partial charge in [0.2, 0.25) is 0 Å². The van der Waals surface area contributed by atoms with Crippen LogP contribution < -0.4 is 9.80 Å². The Kier molecular flexibility index (Phi) is 6.28. The number of para-hydroxylation sites is 1. The molecule has 0 bridgehead atoms. The molecule has 0 aliphatic carbocycles. The summed E-state index contributed by atoms with van der Waals surface area (Å²) in [6.07, 6.45) is 5.43. The fourth-order valence-electron chi connectivity index (χ4n) is 4.56. The Labute approximate surface area is 194 Å². The highest BCUT2D eigenvalue weighted by molar-refractivity contribution is 6.07. The van der Waals surface area contributed by atoms with E-state index in [1.807, 2.05) is 26.8 Å². The van der Waals surface area contributed by atoms with E-state index in [1.165, 1.54) is 11.0 Å². The molecule has 0 radical (unpaired) electrons. The second kappa shape index (κ2) is 9.00. The summed E-state index contributed by atoms with van der Waals surface area (Å²) in [7, 11) is 0. The Hall–Kier alpha value is -3.16. The summed E-state index contributed by atoms with van der Waals surface area (Å²) in [4.78, 5) is 35.8. The van der Waals surface area contributed by atoms with Gasteiger partial charge in [-0.3, -0.25) is 14.8 Å². The van der Waals surface area contributed by atoms with Gasteiger partial charge in [0.15, 0.2) is 0 Å². The molecule has 1 atom stereocenters. The number of hydrogen-bond donors (Lipinski definition) is 0. The van der Waals surface area contributed by atoms with E-state index in [0.29, 0.717) is 18.7 Å². The van der Waals surface area contributed by atoms with Gasteiger partial charge in [0, 0.05) is 31.0 Å². The molecule has 33 heavy (non-hydrogen) atoms. The van der Waals surface area contributed by atoms with Crippen molar-refractivity contribution in [1.29, 1.82) is 0 Å². The van der Waals surface area contributed by atoms with Gasteiger partial charge in [-0.15, -0.1) is 0 Å². The van der Waals surface area contributed by atoms with Crippen molar-refractivity contribution < 1.29 is 18.7 Å². The molecule has 2 aliphatic heterocycles. The molecule has 3 amide bonds. The Balaban J connectivity index is 1.70. The lowest BCUT2D eigenvalue weighted by Gasteiger charge is -2.42. The summed E-state index contributed by atoms with van der Waals surface area (Å²) in [5.41, 5.74) is 1.97. The fraction of sp³-hybridized carbons (Fsp3) is 0.480. The Morgan fingerprint density at radius 3 is 2.73 bits per heavy atom. The van der Waals surface area contributed by atoms with Crippen molar-refractivity contribution in [2.45, 2.75) is 65.1 Å². The highest BCUT2D eigenvalue weighted by Crippen LogP contribution is 2.36. The number of benzene rings is 1. The number of anilines is 2. The minimum atomic E-state index is -0.600. The van der Waals surface area contributed by atoms with Gasteiger partial charge >= 0.3 is 12.1 Å². The first-order chi connectivity index (χ1) is 15.7. The number of fused-ring (bicyclic) bond motifs is 1. The minimum Gasteiger partial charge on any atom is -0.444 e. The fourth-order valence-corrected chi connectivity index (χ4v) is 4.56. The van der Waals surface area contributed by atoms with E-state index in [2.05, 4.69) is 4.98 Å². The quantitative estimate of drug-likeness (QED) is 0.620. The van der Waals surface area contributed by atoms with Gasteiger partial charge in [-0.05, 0) is 64.7 Å². The standard InChI is InChI=1S/C25H31FN4O3/c1-17-8-7-10-20(26)22(17)29-15-18-14-27-12-11-21(18)30(23(29)31)19-9-5-6-13-28(16-19)24(32)33-25(2,3)4/h7-8,10-12,14,19H,5-6,9,13,15-16H2,1-4H3/t19-/m0/s1. The topological polar surface area (TPSA) is 66.0 Å². The molecule has 3 heterocycles. The van der Waals surface area contributed by atoms with Gasteiger partial charge in [-0.25, -0.2) is 14.0 Å². The summed E-state index contributed by atoms with van der Waals surface area (Å²) in [6, 6.07) is 6.07. The van der Waals surface area contributed by atoms with Crippen LogP contribution >= 0.6 is 0 Å². The molecule has 0 unspecified atom stereocenters. The SMILES string of the molecule is Cc1cccc(F)c1N1Cc2cnccc2N([C@H]2CCCCN(C(=O)OC(C)(C)C)C2)C1=O. The van der Waals surface area contributed by atoms with Crippen LogP contribution in [0.4, 0.5) is 25.4 Å². The number of urea groups is 1. The molecule has 0 N–H and O–H groups in total. The molecule has 1 fully saturated rings. The summed E-state index contributed by atoms with van der Waals surface area (Å²) in [5, 5.41) is 0. The van der Waals surface area contributed by atoms with E-state index < -0.39 is 11.4 Å². The number of carbonyl (C=O) groups is 2. The van der Waals surface area contributed by atoms with Crippen LogP contribution in [0.15, 0.2) is 36.7 Å². The van der Waals surface area contributed by atoms with Crippen molar-refractivity contribution in [2.24, 2.45) is 0 Å². The molecule has 8 heteroatoms. The first-order valence-corrected chi connectivity index (χ1v) is 11.4. The number of amides is 3. The van der Waals surface area contributed by atoms with Crippen LogP contribution in [0.5, 0.6) is 0 Å². The molecule has 4 rings (SSSR count). The molecule has 1 aromatic carbocycles. The Morgan fingerprint density at radius 1 is 1.21 bits per heavy atom. The summed E-state index contributed by atoms with van der Waals surface area (Å²) in [5.74, 6) is -0.438. The van der Waals surface area contributed by atoms with Crippen molar-refractivity contribution in [3.63, 3.8) is 0 Å². The molecule has 1 saturated heterocycles. The molecule has 0 saturated carbocycles. The lowest BCUT2D eigenvalue weighted by Crippen LogP contribution is -2.55. The molecule has 0 spiro atoms. The summed E-state index contributed by atoms with van der Waals surface area (Å²) in [6.45, 7) is 8.48. The smallest absolute Gasteiger partial charge is 0.410 e. The minimum absolute atomic E-state index is 0.239. The third-order valence-electron chi connectivity index (χ3n) is 6.02. The molecule has 176 valence electrons. The number of rotatable bonds is 2. The predicted molar refractivity (Wildman–Crippen MR) is 125 cm³/mol. The van der Waals surface area contributed by atoms with E-state index in [1.54, 1.807) is 41.2 Å². The first kappa shape index (κ1) is 23.0. The monoisotopic (exact) mass is 454 g/mol. The van der Waals surface area contributed by atoms with Gasteiger partial charge in [-0.1, -0.05) is 12.1 Å². The van der Waals surface area contributed by atoms with Crippen LogP contribution in [0.1, 0.15) is 51.2 Å². The molecule has 7 nitrogen and oxygen atoms in total. The van der Waals surface area contributed by atoms with Gasteiger partial charge in [-0.2, -0.15) is 0 Å². The second-order valence-electron chi connectivity index (χ2n) is 9.72. The summed E-state index contributed by atoms with van der Waals surface area (Å²) < 4.78 is 20.4. The largest absolute Gasteiger partial charge is 0.444 e. The second-order valence-corrected chi connectivity index (χ2v) is 9.72. The Morgan fingerprint density at radius 2 is 2.00 bits per heavy atom. The zero-order chi connectivity index (χ0) is 23.8. The first-order valence-electron chi connectivity index (χ1n) is 11.4. The van der Waals surface area contributed by atoms with Crippen molar-refractivity contribution in [1.82, 2.24) is 9.88 Å². The lowest BCUT2D eigenvalue weighted by atomic mass is 10.0. The van der Waals surface area contributed by atoms with Crippen LogP contribution in [0.2, 0.25) is 0 Å². The highest BCUT2D eigenvalue weighted by atomic mass is 19.1. The number of pyridine rings is 1. The van der Waals surface area contributed by atoms with Gasteiger partial charge in [0.05, 0.1) is 24.0 Å². The van der Waals surface area contributed by atoms with Crippen LogP contribution in [0, 0.1) is 12.7 Å². The van der Waals surface area contributed by atoms with Gasteiger partial charge < -0.3 is 9.64 Å². The maximum absolute atomic E-state index is 14.8. The van der Waals surface area contributed by atoms with E-state index in [9.17, 15) is 14.0 Å². The van der Waals surface area contributed by atoms with Crippen molar-refractivity contribution in [2.75, 3.05) is 22.9 Å². The third-order valence-corrected chi connectivity index (χ3v) is 6.02. The summed E-state index contributed by atoms with van der Waals surface area (Å²) >= 11 is 0. The van der Waals surface area contributed by atoms with E-state index in [4.69, 9.17) is 4.74 Å². The molecular formula is C25H31FN4O3. The predicted octanol–water partition coefficient (Wildman–Crippen LogP) is 5.27. The van der Waals surface area contributed by atoms with Crippen molar-refractivity contribution in [3.8, 4) is 0 Å². The number of nitrogens with zero attached hydrogens (tertiary/aromatic N) is 4. The average Bonchev–Trinajstić information content (AvgIpc) is 2.99. The number of aryl methyl sites for hydroxylation is 1. The maximum Gasteiger partial charge on any atom is 0.410 e. The number of ether oxygens (including phenoxy) is 1. The molecule has 2 aromatic rings.